The fourth-order valence-electron chi connectivity index (χ4n) is 1.83. The summed E-state index contributed by atoms with van der Waals surface area (Å²) in [6, 6.07) is 16.3. The van der Waals surface area contributed by atoms with Crippen molar-refractivity contribution >= 4 is 17.6 Å². The largest absolute Gasteiger partial charge is 0.294 e. The van der Waals surface area contributed by atoms with Crippen molar-refractivity contribution in [3.05, 3.63) is 77.4 Å². The van der Waals surface area contributed by atoms with E-state index < -0.39 is 0 Å². The van der Waals surface area contributed by atoms with Gasteiger partial charge in [0, 0.05) is 11.1 Å². The van der Waals surface area contributed by atoms with Crippen LogP contribution < -0.4 is 0 Å². The molecule has 0 spiro atoms. The van der Waals surface area contributed by atoms with Crippen molar-refractivity contribution in [2.24, 2.45) is 0 Å². The topological polar surface area (TPSA) is 34.1 Å². The Hall–Kier alpha value is -2.48. The quantitative estimate of drug-likeness (QED) is 0.611. The molecule has 0 heterocycles. The molecule has 0 saturated carbocycles. The van der Waals surface area contributed by atoms with Crippen LogP contribution in [0.1, 0.15) is 33.2 Å². The Morgan fingerprint density at radius 2 is 1.53 bits per heavy atom. The summed E-state index contributed by atoms with van der Waals surface area (Å²) >= 11 is 0. The molecule has 0 atom stereocenters. The minimum absolute atomic E-state index is 0.00703. The van der Waals surface area contributed by atoms with E-state index in [1.165, 1.54) is 13.0 Å². The van der Waals surface area contributed by atoms with Crippen LogP contribution in [0, 0.1) is 0 Å². The molecule has 0 aliphatic rings. The van der Waals surface area contributed by atoms with Crippen LogP contribution in [0.4, 0.5) is 0 Å². The van der Waals surface area contributed by atoms with E-state index in [1.807, 2.05) is 36.4 Å². The van der Waals surface area contributed by atoms with Crippen molar-refractivity contribution in [3.8, 4) is 0 Å². The highest BCUT2D eigenvalue weighted by molar-refractivity contribution is 6.07. The summed E-state index contributed by atoms with van der Waals surface area (Å²) in [7, 11) is 0. The molecule has 0 saturated heterocycles. The van der Waals surface area contributed by atoms with Crippen LogP contribution in [-0.4, -0.2) is 11.6 Å². The van der Waals surface area contributed by atoms with Crippen molar-refractivity contribution in [1.82, 2.24) is 0 Å². The summed E-state index contributed by atoms with van der Waals surface area (Å²) in [5.41, 5.74) is 2.03. The number of ketones is 2. The van der Waals surface area contributed by atoms with Gasteiger partial charge in [-0.3, -0.25) is 9.59 Å². The lowest BCUT2D eigenvalue weighted by atomic mass is 10.0. The van der Waals surface area contributed by atoms with Crippen LogP contribution in [0.2, 0.25) is 0 Å². The third-order valence-electron chi connectivity index (χ3n) is 2.81. The zero-order chi connectivity index (χ0) is 13.7. The van der Waals surface area contributed by atoms with Gasteiger partial charge in [-0.25, -0.2) is 0 Å². The maximum atomic E-state index is 11.9. The number of carbonyl (C=O) groups excluding carboxylic acids is 2. The minimum atomic E-state index is -0.0704. The maximum Gasteiger partial charge on any atom is 0.185 e. The SMILES string of the molecule is CC(=O)c1ccccc1/C=C/C(=O)c1ccccc1. The fraction of sp³-hybridized carbons (Fsp3) is 0.0588. The van der Waals surface area contributed by atoms with Gasteiger partial charge in [-0.05, 0) is 18.6 Å². The zero-order valence-corrected chi connectivity index (χ0v) is 10.7. The molecule has 0 radical (unpaired) electrons. The zero-order valence-electron chi connectivity index (χ0n) is 10.7. The van der Waals surface area contributed by atoms with Gasteiger partial charge < -0.3 is 0 Å². The van der Waals surface area contributed by atoms with Crippen molar-refractivity contribution in [2.45, 2.75) is 6.92 Å². The van der Waals surface area contributed by atoms with E-state index in [4.69, 9.17) is 0 Å². The van der Waals surface area contributed by atoms with Crippen LogP contribution in [0.15, 0.2) is 60.7 Å². The molecule has 2 aromatic carbocycles. The second-order valence-electron chi connectivity index (χ2n) is 4.21. The van der Waals surface area contributed by atoms with E-state index >= 15 is 0 Å². The molecule has 2 aromatic rings. The second kappa shape index (κ2) is 5.91. The first-order valence-corrected chi connectivity index (χ1v) is 6.06. The molecule has 0 N–H and O–H groups in total. The number of allylic oxidation sites excluding steroid dienone is 1. The van der Waals surface area contributed by atoms with Gasteiger partial charge in [0.15, 0.2) is 11.6 Å². The van der Waals surface area contributed by atoms with E-state index in [-0.39, 0.29) is 11.6 Å². The van der Waals surface area contributed by atoms with E-state index in [0.29, 0.717) is 11.1 Å². The molecule has 2 rings (SSSR count). The number of carbonyl (C=O) groups is 2. The predicted molar refractivity (Wildman–Crippen MR) is 76.3 cm³/mol. The van der Waals surface area contributed by atoms with Crippen molar-refractivity contribution in [2.75, 3.05) is 0 Å². The lowest BCUT2D eigenvalue weighted by Gasteiger charge is -2.01. The van der Waals surface area contributed by atoms with E-state index in [1.54, 1.807) is 24.3 Å². The Bertz CT molecular complexity index is 625. The van der Waals surface area contributed by atoms with Gasteiger partial charge in [-0.15, -0.1) is 0 Å². The number of hydrogen-bond acceptors (Lipinski definition) is 2. The van der Waals surface area contributed by atoms with Gasteiger partial charge in [0.05, 0.1) is 0 Å². The molecule has 94 valence electrons. The molecule has 2 heteroatoms. The van der Waals surface area contributed by atoms with Gasteiger partial charge in [0.2, 0.25) is 0 Å². The molecular weight excluding hydrogens is 236 g/mol. The van der Waals surface area contributed by atoms with E-state index in [9.17, 15) is 9.59 Å². The predicted octanol–water partition coefficient (Wildman–Crippen LogP) is 3.79. The Kier molecular flexibility index (Phi) is 4.04. The van der Waals surface area contributed by atoms with Gasteiger partial charge in [-0.2, -0.15) is 0 Å². The summed E-state index contributed by atoms with van der Waals surface area (Å²) in [5, 5.41) is 0. The van der Waals surface area contributed by atoms with Crippen LogP contribution in [-0.2, 0) is 0 Å². The third-order valence-corrected chi connectivity index (χ3v) is 2.81. The first kappa shape index (κ1) is 13.0. The van der Waals surface area contributed by atoms with Gasteiger partial charge in [0.25, 0.3) is 0 Å². The Morgan fingerprint density at radius 1 is 0.895 bits per heavy atom. The fourth-order valence-corrected chi connectivity index (χ4v) is 1.83. The van der Waals surface area contributed by atoms with Crippen molar-refractivity contribution < 1.29 is 9.59 Å². The maximum absolute atomic E-state index is 11.9. The summed E-state index contributed by atoms with van der Waals surface area (Å²) in [6.07, 6.45) is 3.18. The Morgan fingerprint density at radius 3 is 2.21 bits per heavy atom. The molecule has 0 bridgehead atoms. The molecule has 2 nitrogen and oxygen atoms in total. The third kappa shape index (κ3) is 3.26. The highest BCUT2D eigenvalue weighted by Crippen LogP contribution is 2.12. The first-order chi connectivity index (χ1) is 9.18. The highest BCUT2D eigenvalue weighted by Gasteiger charge is 2.04. The van der Waals surface area contributed by atoms with E-state index in [0.717, 1.165) is 5.56 Å². The molecular formula is C17H14O2. The molecule has 0 amide bonds. The number of Topliss-reactive ketones (excluding diaryl/α,β-unsaturated/α-hetero) is 1. The average molecular weight is 250 g/mol. The van der Waals surface area contributed by atoms with E-state index in [2.05, 4.69) is 0 Å². The summed E-state index contributed by atoms with van der Waals surface area (Å²) in [4.78, 5) is 23.4. The van der Waals surface area contributed by atoms with Gasteiger partial charge in [-0.1, -0.05) is 60.7 Å². The molecule has 19 heavy (non-hydrogen) atoms. The van der Waals surface area contributed by atoms with Crippen LogP contribution in [0.3, 0.4) is 0 Å². The number of benzene rings is 2. The average Bonchev–Trinajstić information content (AvgIpc) is 2.46. The van der Waals surface area contributed by atoms with Crippen LogP contribution in [0.25, 0.3) is 6.08 Å². The lowest BCUT2D eigenvalue weighted by molar-refractivity contribution is 0.101. The monoisotopic (exact) mass is 250 g/mol. The van der Waals surface area contributed by atoms with Crippen molar-refractivity contribution in [1.29, 1.82) is 0 Å². The highest BCUT2D eigenvalue weighted by atomic mass is 16.1. The first-order valence-electron chi connectivity index (χ1n) is 6.06. The van der Waals surface area contributed by atoms with Gasteiger partial charge >= 0.3 is 0 Å². The lowest BCUT2D eigenvalue weighted by Crippen LogP contribution is -1.96. The number of rotatable bonds is 4. The molecule has 0 fully saturated rings. The summed E-state index contributed by atoms with van der Waals surface area (Å²) in [6.45, 7) is 1.52. The van der Waals surface area contributed by atoms with Crippen LogP contribution >= 0.6 is 0 Å². The molecule has 0 unspecified atom stereocenters. The van der Waals surface area contributed by atoms with Crippen molar-refractivity contribution in [3.63, 3.8) is 0 Å². The Labute approximate surface area is 112 Å². The summed E-state index contributed by atoms with van der Waals surface area (Å²) < 4.78 is 0. The standard InChI is InChI=1S/C17H14O2/c1-13(18)16-10-6-5-7-14(16)11-12-17(19)15-8-3-2-4-9-15/h2-12H,1H3/b12-11+. The second-order valence-corrected chi connectivity index (χ2v) is 4.21. The molecule has 0 aromatic heterocycles. The molecule has 0 aliphatic carbocycles. The number of hydrogen-bond donors (Lipinski definition) is 0. The van der Waals surface area contributed by atoms with Gasteiger partial charge in [0.1, 0.15) is 0 Å². The minimum Gasteiger partial charge on any atom is -0.294 e. The Balaban J connectivity index is 2.24. The van der Waals surface area contributed by atoms with Crippen LogP contribution in [0.5, 0.6) is 0 Å². The smallest absolute Gasteiger partial charge is 0.185 e. The normalized spacial score (nSPS) is 10.6. The summed E-state index contributed by atoms with van der Waals surface area (Å²) in [5.74, 6) is -0.0774. The molecule has 0 aliphatic heterocycles.